The lowest BCUT2D eigenvalue weighted by molar-refractivity contribution is 0.133. The van der Waals surface area contributed by atoms with Gasteiger partial charge < -0.3 is 0 Å². The van der Waals surface area contributed by atoms with Gasteiger partial charge in [0.15, 0.2) is 0 Å². The fourth-order valence-electron chi connectivity index (χ4n) is 10.9. The van der Waals surface area contributed by atoms with E-state index < -0.39 is 8.07 Å². The number of benzene rings is 1. The minimum absolute atomic E-state index is 0.249. The van der Waals surface area contributed by atoms with Crippen LogP contribution >= 0.6 is 0 Å². The van der Waals surface area contributed by atoms with E-state index in [9.17, 15) is 0 Å². The maximum atomic E-state index is 2.89. The number of fused-ring (bicyclic) bond motifs is 2. The standard InChI is InChI=1S/C35H58Si/c1-23-21-30-26(24-17-19-25(20-18-24)34(2,3)4)15-12-16-29(30)33(23)36(8,9)32-22-31(35(5,6)7)27-13-10-11-14-28(27)32/h17-20,23,26-33H,10-16,21-22H2,1-9H3. The van der Waals surface area contributed by atoms with Crippen molar-refractivity contribution in [2.24, 2.45) is 40.9 Å². The Labute approximate surface area is 225 Å². The lowest BCUT2D eigenvalue weighted by Crippen LogP contribution is -2.45. The summed E-state index contributed by atoms with van der Waals surface area (Å²) in [5, 5.41) is 0. The Balaban J connectivity index is 1.40. The summed E-state index contributed by atoms with van der Waals surface area (Å²) < 4.78 is 0. The minimum atomic E-state index is -1.40. The summed E-state index contributed by atoms with van der Waals surface area (Å²) >= 11 is 0. The van der Waals surface area contributed by atoms with Crippen LogP contribution in [-0.2, 0) is 5.41 Å². The monoisotopic (exact) mass is 506 g/mol. The number of hydrogen-bond acceptors (Lipinski definition) is 0. The van der Waals surface area contributed by atoms with Crippen LogP contribution in [-0.4, -0.2) is 8.07 Å². The van der Waals surface area contributed by atoms with Gasteiger partial charge in [0.25, 0.3) is 0 Å². The second-order valence-electron chi connectivity index (χ2n) is 16.7. The van der Waals surface area contributed by atoms with Crippen molar-refractivity contribution < 1.29 is 0 Å². The van der Waals surface area contributed by atoms with Crippen molar-refractivity contribution >= 4 is 8.07 Å². The predicted molar refractivity (Wildman–Crippen MR) is 160 cm³/mol. The molecule has 0 saturated heterocycles. The molecule has 0 aromatic heterocycles. The first-order valence-electron chi connectivity index (χ1n) is 15.9. The van der Waals surface area contributed by atoms with Crippen LogP contribution in [0.5, 0.6) is 0 Å². The summed E-state index contributed by atoms with van der Waals surface area (Å²) in [5.74, 6) is 6.73. The molecule has 1 aromatic carbocycles. The van der Waals surface area contributed by atoms with Gasteiger partial charge in [-0.15, -0.1) is 0 Å². The molecule has 4 aliphatic carbocycles. The number of hydrogen-bond donors (Lipinski definition) is 0. The molecule has 0 radical (unpaired) electrons. The van der Waals surface area contributed by atoms with Gasteiger partial charge in [0, 0.05) is 0 Å². The Morgan fingerprint density at radius 2 is 1.31 bits per heavy atom. The van der Waals surface area contributed by atoms with Crippen LogP contribution in [0.15, 0.2) is 24.3 Å². The number of rotatable bonds is 3. The molecule has 9 unspecified atom stereocenters. The first kappa shape index (κ1) is 27.0. The smallest absolute Gasteiger partial charge is 0.0544 e. The molecule has 1 aromatic rings. The van der Waals surface area contributed by atoms with E-state index in [2.05, 4.69) is 85.8 Å². The zero-order valence-corrected chi connectivity index (χ0v) is 26.4. The summed E-state index contributed by atoms with van der Waals surface area (Å²) in [7, 11) is -1.40. The van der Waals surface area contributed by atoms with Crippen molar-refractivity contribution in [1.29, 1.82) is 0 Å². The lowest BCUT2D eigenvalue weighted by Gasteiger charge is -2.47. The van der Waals surface area contributed by atoms with Crippen molar-refractivity contribution in [3.05, 3.63) is 35.4 Å². The molecule has 1 heteroatoms. The van der Waals surface area contributed by atoms with Crippen LogP contribution in [0.3, 0.4) is 0 Å². The van der Waals surface area contributed by atoms with E-state index in [1.54, 1.807) is 18.4 Å². The molecule has 0 N–H and O–H groups in total. The van der Waals surface area contributed by atoms with Crippen molar-refractivity contribution in [2.75, 3.05) is 0 Å². The lowest BCUT2D eigenvalue weighted by atomic mass is 9.69. The topological polar surface area (TPSA) is 0 Å². The summed E-state index contributed by atoms with van der Waals surface area (Å²) in [6.45, 7) is 23.2. The van der Waals surface area contributed by atoms with Gasteiger partial charge in [-0.3, -0.25) is 0 Å². The van der Waals surface area contributed by atoms with Gasteiger partial charge >= 0.3 is 0 Å². The molecule has 0 spiro atoms. The van der Waals surface area contributed by atoms with Crippen LogP contribution in [0.1, 0.15) is 123 Å². The molecule has 4 fully saturated rings. The molecular weight excluding hydrogens is 448 g/mol. The van der Waals surface area contributed by atoms with Crippen LogP contribution in [0.4, 0.5) is 0 Å². The van der Waals surface area contributed by atoms with Crippen LogP contribution in [0.2, 0.25) is 24.2 Å². The van der Waals surface area contributed by atoms with Gasteiger partial charge in [0.05, 0.1) is 8.07 Å². The van der Waals surface area contributed by atoms with Crippen molar-refractivity contribution in [3.8, 4) is 0 Å². The highest BCUT2D eigenvalue weighted by molar-refractivity contribution is 6.80. The summed E-state index contributed by atoms with van der Waals surface area (Å²) in [4.78, 5) is 0. The first-order valence-corrected chi connectivity index (χ1v) is 19.1. The van der Waals surface area contributed by atoms with Gasteiger partial charge in [0.1, 0.15) is 0 Å². The minimum Gasteiger partial charge on any atom is -0.0689 e. The molecule has 0 amide bonds. The van der Waals surface area contributed by atoms with E-state index in [1.807, 2.05) is 0 Å². The SMILES string of the molecule is CC1CC2C(c3ccc(C(C)(C)C)cc3)CCCC2C1[Si](C)(C)C1CC(C(C)(C)C)C2CCCCC21. The second kappa shape index (κ2) is 9.57. The van der Waals surface area contributed by atoms with Crippen molar-refractivity contribution in [1.82, 2.24) is 0 Å². The Hall–Kier alpha value is -0.563. The van der Waals surface area contributed by atoms with Gasteiger partial charge in [-0.2, -0.15) is 0 Å². The van der Waals surface area contributed by atoms with E-state index >= 15 is 0 Å². The normalized spacial score (nSPS) is 39.6. The molecule has 0 nitrogen and oxygen atoms in total. The Kier molecular flexibility index (Phi) is 7.18. The third-order valence-electron chi connectivity index (χ3n) is 12.4. The second-order valence-corrected chi connectivity index (χ2v) is 21.8. The summed E-state index contributed by atoms with van der Waals surface area (Å²) in [6, 6.07) is 9.93. The zero-order valence-electron chi connectivity index (χ0n) is 25.4. The molecule has 4 aliphatic rings. The van der Waals surface area contributed by atoms with E-state index in [-0.39, 0.29) is 5.41 Å². The molecule has 202 valence electrons. The van der Waals surface area contributed by atoms with E-state index in [0.29, 0.717) is 5.41 Å². The highest BCUT2D eigenvalue weighted by Crippen LogP contribution is 2.67. The molecular formula is C35H58Si. The molecule has 5 rings (SSSR count). The largest absolute Gasteiger partial charge is 0.0689 e. The molecule has 4 saturated carbocycles. The van der Waals surface area contributed by atoms with Gasteiger partial charge in [0.2, 0.25) is 0 Å². The average molecular weight is 507 g/mol. The van der Waals surface area contributed by atoms with Crippen molar-refractivity contribution in [3.63, 3.8) is 0 Å². The Morgan fingerprint density at radius 3 is 1.92 bits per heavy atom. The zero-order chi connectivity index (χ0) is 26.0. The molecule has 9 atom stereocenters. The van der Waals surface area contributed by atoms with Gasteiger partial charge in [-0.1, -0.05) is 118 Å². The van der Waals surface area contributed by atoms with Gasteiger partial charge in [-0.05, 0) is 100 Å². The highest BCUT2D eigenvalue weighted by Gasteiger charge is 2.59. The summed E-state index contributed by atoms with van der Waals surface area (Å²) in [6.07, 6.45) is 13.6. The average Bonchev–Trinajstić information content (AvgIpc) is 3.36. The fourth-order valence-corrected chi connectivity index (χ4v) is 16.9. The van der Waals surface area contributed by atoms with Crippen LogP contribution < -0.4 is 0 Å². The van der Waals surface area contributed by atoms with E-state index in [1.165, 1.54) is 50.5 Å². The first-order chi connectivity index (χ1) is 16.8. The van der Waals surface area contributed by atoms with Crippen LogP contribution in [0, 0.1) is 40.9 Å². The van der Waals surface area contributed by atoms with Crippen LogP contribution in [0.25, 0.3) is 0 Å². The Bertz CT molecular complexity index is 896. The molecule has 0 bridgehead atoms. The fraction of sp³-hybridized carbons (Fsp3) is 0.829. The third-order valence-corrected chi connectivity index (χ3v) is 17.7. The molecule has 0 heterocycles. The van der Waals surface area contributed by atoms with Crippen molar-refractivity contribution in [2.45, 2.75) is 142 Å². The quantitative estimate of drug-likeness (QED) is 0.357. The Morgan fingerprint density at radius 1 is 0.694 bits per heavy atom. The maximum absolute atomic E-state index is 2.89. The highest BCUT2D eigenvalue weighted by atomic mass is 28.3. The van der Waals surface area contributed by atoms with Gasteiger partial charge in [-0.25, -0.2) is 0 Å². The maximum Gasteiger partial charge on any atom is 0.0544 e. The molecule has 36 heavy (non-hydrogen) atoms. The predicted octanol–water partition coefficient (Wildman–Crippen LogP) is 10.8. The van der Waals surface area contributed by atoms with E-state index in [4.69, 9.17) is 0 Å². The molecule has 0 aliphatic heterocycles. The summed E-state index contributed by atoms with van der Waals surface area (Å²) in [5.41, 5.74) is 6.00. The van der Waals surface area contributed by atoms with E-state index in [0.717, 1.165) is 52.5 Å². The third kappa shape index (κ3) is 4.71.